The fraction of sp³-hybridized carbons (Fsp3) is 0.263. The summed E-state index contributed by atoms with van der Waals surface area (Å²) in [6, 6.07) is 13.0. The Labute approximate surface area is 146 Å². The minimum Gasteiger partial charge on any atom is -0.366 e. The maximum atomic E-state index is 13.0. The van der Waals surface area contributed by atoms with Crippen LogP contribution in [0.15, 0.2) is 48.5 Å². The molecule has 130 valence electrons. The zero-order chi connectivity index (χ0) is 17.8. The largest absolute Gasteiger partial charge is 0.366 e. The number of hydrogen-bond donors (Lipinski definition) is 1. The van der Waals surface area contributed by atoms with E-state index in [9.17, 15) is 14.0 Å². The van der Waals surface area contributed by atoms with Gasteiger partial charge in [0.2, 0.25) is 5.91 Å². The second kappa shape index (κ2) is 7.34. The summed E-state index contributed by atoms with van der Waals surface area (Å²) in [5.74, 6) is -0.576. The van der Waals surface area contributed by atoms with Crippen molar-refractivity contribution in [3.63, 3.8) is 0 Å². The summed E-state index contributed by atoms with van der Waals surface area (Å²) in [5.41, 5.74) is 2.02. The molecule has 0 spiro atoms. The first kappa shape index (κ1) is 17.0. The molecule has 0 aromatic heterocycles. The van der Waals surface area contributed by atoms with Gasteiger partial charge in [-0.15, -0.1) is 0 Å². The van der Waals surface area contributed by atoms with Crippen LogP contribution in [0, 0.1) is 5.82 Å². The summed E-state index contributed by atoms with van der Waals surface area (Å²) in [6.07, 6.45) is 0. The van der Waals surface area contributed by atoms with Gasteiger partial charge < -0.3 is 15.1 Å². The second-order valence-electron chi connectivity index (χ2n) is 5.97. The van der Waals surface area contributed by atoms with Crippen LogP contribution in [0.1, 0.15) is 17.3 Å². The minimum atomic E-state index is -0.375. The lowest BCUT2D eigenvalue weighted by atomic mass is 10.1. The standard InChI is InChI=1S/C19H20FN3O2/c1-14(24)22-10-12-23(13-11-22)18-5-3-2-4-17(18)21-19(25)15-6-8-16(20)9-7-15/h2-9H,10-13H2,1H3,(H,21,25). The Morgan fingerprint density at radius 2 is 1.60 bits per heavy atom. The molecule has 1 aliphatic heterocycles. The highest BCUT2D eigenvalue weighted by molar-refractivity contribution is 6.05. The fourth-order valence-corrected chi connectivity index (χ4v) is 2.91. The van der Waals surface area contributed by atoms with E-state index in [0.29, 0.717) is 37.4 Å². The zero-order valence-corrected chi connectivity index (χ0v) is 14.0. The number of amides is 2. The maximum absolute atomic E-state index is 13.0. The van der Waals surface area contributed by atoms with E-state index in [1.54, 1.807) is 6.92 Å². The molecule has 0 aliphatic carbocycles. The SMILES string of the molecule is CC(=O)N1CCN(c2ccccc2NC(=O)c2ccc(F)cc2)CC1. The van der Waals surface area contributed by atoms with Gasteiger partial charge in [0.25, 0.3) is 5.91 Å². The van der Waals surface area contributed by atoms with Gasteiger partial charge in [-0.05, 0) is 36.4 Å². The van der Waals surface area contributed by atoms with E-state index in [4.69, 9.17) is 0 Å². The first-order valence-electron chi connectivity index (χ1n) is 8.21. The van der Waals surface area contributed by atoms with E-state index >= 15 is 0 Å². The Hall–Kier alpha value is -2.89. The molecule has 2 aromatic rings. The summed E-state index contributed by atoms with van der Waals surface area (Å²) >= 11 is 0. The molecule has 25 heavy (non-hydrogen) atoms. The highest BCUT2D eigenvalue weighted by atomic mass is 19.1. The van der Waals surface area contributed by atoms with Crippen molar-refractivity contribution in [3.8, 4) is 0 Å². The predicted molar refractivity (Wildman–Crippen MR) is 95.3 cm³/mol. The van der Waals surface area contributed by atoms with E-state index in [-0.39, 0.29) is 17.6 Å². The molecule has 1 fully saturated rings. The number of hydrogen-bond acceptors (Lipinski definition) is 3. The Morgan fingerprint density at radius 3 is 2.24 bits per heavy atom. The molecule has 0 unspecified atom stereocenters. The third-order valence-electron chi connectivity index (χ3n) is 4.32. The van der Waals surface area contributed by atoms with Crippen LogP contribution in [0.2, 0.25) is 0 Å². The number of nitrogens with zero attached hydrogens (tertiary/aromatic N) is 2. The van der Waals surface area contributed by atoms with Crippen LogP contribution < -0.4 is 10.2 Å². The molecule has 5 nitrogen and oxygen atoms in total. The van der Waals surface area contributed by atoms with Gasteiger partial charge in [-0.2, -0.15) is 0 Å². The molecule has 0 saturated carbocycles. The quantitative estimate of drug-likeness (QED) is 0.934. The van der Waals surface area contributed by atoms with Crippen LogP contribution in [0.5, 0.6) is 0 Å². The molecule has 1 N–H and O–H groups in total. The number of nitrogens with one attached hydrogen (secondary N) is 1. The van der Waals surface area contributed by atoms with Gasteiger partial charge in [0.1, 0.15) is 5.82 Å². The van der Waals surface area contributed by atoms with Gasteiger partial charge in [0.05, 0.1) is 11.4 Å². The van der Waals surface area contributed by atoms with Crippen LogP contribution in [0.4, 0.5) is 15.8 Å². The second-order valence-corrected chi connectivity index (χ2v) is 5.97. The van der Waals surface area contributed by atoms with Crippen molar-refractivity contribution in [2.75, 3.05) is 36.4 Å². The zero-order valence-electron chi connectivity index (χ0n) is 14.0. The average Bonchev–Trinajstić information content (AvgIpc) is 2.63. The van der Waals surface area contributed by atoms with E-state index in [1.807, 2.05) is 29.2 Å². The maximum Gasteiger partial charge on any atom is 0.255 e. The molecular weight excluding hydrogens is 321 g/mol. The Morgan fingerprint density at radius 1 is 0.960 bits per heavy atom. The number of piperazine rings is 1. The van der Waals surface area contributed by atoms with Gasteiger partial charge in [-0.25, -0.2) is 4.39 Å². The number of carbonyl (C=O) groups excluding carboxylic acids is 2. The van der Waals surface area contributed by atoms with Crippen LogP contribution in [0.25, 0.3) is 0 Å². The van der Waals surface area contributed by atoms with Crippen molar-refractivity contribution >= 4 is 23.2 Å². The average molecular weight is 341 g/mol. The first-order chi connectivity index (χ1) is 12.0. The summed E-state index contributed by atoms with van der Waals surface area (Å²) in [7, 11) is 0. The summed E-state index contributed by atoms with van der Waals surface area (Å²) in [6.45, 7) is 4.32. The molecule has 1 saturated heterocycles. The number of halogens is 1. The highest BCUT2D eigenvalue weighted by Gasteiger charge is 2.21. The molecule has 2 aromatic carbocycles. The number of benzene rings is 2. The van der Waals surface area contributed by atoms with E-state index in [2.05, 4.69) is 10.2 Å². The third-order valence-corrected chi connectivity index (χ3v) is 4.32. The van der Waals surface area contributed by atoms with Crippen molar-refractivity contribution in [3.05, 3.63) is 59.9 Å². The smallest absolute Gasteiger partial charge is 0.255 e. The van der Waals surface area contributed by atoms with E-state index < -0.39 is 0 Å². The Kier molecular flexibility index (Phi) is 4.97. The number of para-hydroxylation sites is 2. The molecule has 2 amide bonds. The summed E-state index contributed by atoms with van der Waals surface area (Å²) < 4.78 is 13.0. The van der Waals surface area contributed by atoms with Crippen molar-refractivity contribution in [1.29, 1.82) is 0 Å². The molecule has 6 heteroatoms. The normalized spacial score (nSPS) is 14.3. The van der Waals surface area contributed by atoms with Crippen molar-refractivity contribution < 1.29 is 14.0 Å². The lowest BCUT2D eigenvalue weighted by molar-refractivity contribution is -0.129. The number of anilines is 2. The first-order valence-corrected chi connectivity index (χ1v) is 8.21. The molecule has 0 radical (unpaired) electrons. The third kappa shape index (κ3) is 3.96. The topological polar surface area (TPSA) is 52.7 Å². The van der Waals surface area contributed by atoms with Crippen LogP contribution in [0.3, 0.4) is 0 Å². The van der Waals surface area contributed by atoms with Crippen molar-refractivity contribution in [1.82, 2.24) is 4.90 Å². The van der Waals surface area contributed by atoms with Crippen LogP contribution in [-0.4, -0.2) is 42.9 Å². The molecule has 0 atom stereocenters. The molecular formula is C19H20FN3O2. The Bertz CT molecular complexity index is 768. The summed E-state index contributed by atoms with van der Waals surface area (Å²) in [4.78, 5) is 27.8. The van der Waals surface area contributed by atoms with Crippen LogP contribution >= 0.6 is 0 Å². The lowest BCUT2D eigenvalue weighted by Crippen LogP contribution is -2.48. The monoisotopic (exact) mass is 341 g/mol. The molecule has 1 aliphatic rings. The highest BCUT2D eigenvalue weighted by Crippen LogP contribution is 2.27. The summed E-state index contributed by atoms with van der Waals surface area (Å²) in [5, 5.41) is 2.89. The van der Waals surface area contributed by atoms with Gasteiger partial charge in [-0.3, -0.25) is 9.59 Å². The van der Waals surface area contributed by atoms with Crippen molar-refractivity contribution in [2.45, 2.75) is 6.92 Å². The Balaban J connectivity index is 1.74. The van der Waals surface area contributed by atoms with Crippen molar-refractivity contribution in [2.24, 2.45) is 0 Å². The molecule has 3 rings (SSSR count). The van der Waals surface area contributed by atoms with Gasteiger partial charge >= 0.3 is 0 Å². The molecule has 1 heterocycles. The minimum absolute atomic E-state index is 0.0811. The van der Waals surface area contributed by atoms with E-state index in [0.717, 1.165) is 5.69 Å². The molecule has 0 bridgehead atoms. The van der Waals surface area contributed by atoms with Gasteiger partial charge in [-0.1, -0.05) is 12.1 Å². The lowest BCUT2D eigenvalue weighted by Gasteiger charge is -2.36. The predicted octanol–water partition coefficient (Wildman–Crippen LogP) is 2.75. The van der Waals surface area contributed by atoms with Gasteiger partial charge in [0.15, 0.2) is 0 Å². The number of rotatable bonds is 3. The van der Waals surface area contributed by atoms with Crippen LogP contribution in [-0.2, 0) is 4.79 Å². The van der Waals surface area contributed by atoms with E-state index in [1.165, 1.54) is 24.3 Å². The fourth-order valence-electron chi connectivity index (χ4n) is 2.91. The van der Waals surface area contributed by atoms with Gasteiger partial charge in [0, 0.05) is 38.7 Å². The number of carbonyl (C=O) groups is 2.